The second-order valence-electron chi connectivity index (χ2n) is 7.19. The number of allylic oxidation sites excluding steroid dienone is 1. The molecular weight excluding hydrogens is 419 g/mol. The third-order valence-electron chi connectivity index (χ3n) is 5.33. The van der Waals surface area contributed by atoms with Crippen LogP contribution in [0.5, 0.6) is 5.75 Å². The zero-order valence-electron chi connectivity index (χ0n) is 16.2. The molecule has 8 heteroatoms. The van der Waals surface area contributed by atoms with Crippen LogP contribution in [-0.4, -0.2) is 39.2 Å². The fourth-order valence-corrected chi connectivity index (χ4v) is 3.95. The first-order chi connectivity index (χ1) is 14.3. The summed E-state index contributed by atoms with van der Waals surface area (Å²) in [5, 5.41) is 0.158. The Kier molecular flexibility index (Phi) is 5.51. The van der Waals surface area contributed by atoms with Gasteiger partial charge in [-0.3, -0.25) is 4.79 Å². The maximum absolute atomic E-state index is 13.1. The van der Waals surface area contributed by atoms with Crippen molar-refractivity contribution in [3.05, 3.63) is 63.2 Å². The molecule has 0 saturated carbocycles. The Balaban J connectivity index is 1.70. The molecule has 0 N–H and O–H groups in total. The number of carbonyl (C=O) groups is 1. The maximum atomic E-state index is 13.1. The predicted octanol–water partition coefficient (Wildman–Crippen LogP) is 5.03. The first-order valence-corrected chi connectivity index (χ1v) is 9.81. The van der Waals surface area contributed by atoms with Crippen LogP contribution in [0, 0.1) is 0 Å². The Labute approximate surface area is 176 Å². The van der Waals surface area contributed by atoms with E-state index in [1.54, 1.807) is 13.2 Å². The summed E-state index contributed by atoms with van der Waals surface area (Å²) in [6.07, 6.45) is -2.72. The number of alkyl halides is 3. The highest BCUT2D eigenvalue weighted by Crippen LogP contribution is 2.39. The number of morpholine rings is 1. The number of anilines is 1. The molecule has 0 bridgehead atoms. The molecule has 1 aliphatic carbocycles. The van der Waals surface area contributed by atoms with Gasteiger partial charge in [0.05, 0.1) is 31.6 Å². The summed E-state index contributed by atoms with van der Waals surface area (Å²) in [4.78, 5) is 15.1. The number of hydrogen-bond acceptors (Lipinski definition) is 4. The second-order valence-corrected chi connectivity index (χ2v) is 7.60. The van der Waals surface area contributed by atoms with Crippen molar-refractivity contribution in [3.8, 4) is 5.75 Å². The highest BCUT2D eigenvalue weighted by Gasteiger charge is 2.32. The number of ether oxygens (including phenoxy) is 2. The molecule has 0 aromatic heterocycles. The van der Waals surface area contributed by atoms with Gasteiger partial charge in [-0.05, 0) is 47.5 Å². The van der Waals surface area contributed by atoms with Crippen molar-refractivity contribution >= 4 is 29.1 Å². The van der Waals surface area contributed by atoms with Gasteiger partial charge in [0.15, 0.2) is 5.78 Å². The number of benzene rings is 2. The zero-order chi connectivity index (χ0) is 21.5. The highest BCUT2D eigenvalue weighted by atomic mass is 35.5. The lowest BCUT2D eigenvalue weighted by Gasteiger charge is -2.30. The van der Waals surface area contributed by atoms with Gasteiger partial charge in [-0.1, -0.05) is 11.6 Å². The quantitative estimate of drug-likeness (QED) is 0.632. The fourth-order valence-electron chi connectivity index (χ4n) is 3.78. The number of ketones is 1. The molecule has 158 valence electrons. The van der Waals surface area contributed by atoms with Crippen LogP contribution in [0.25, 0.3) is 6.08 Å². The lowest BCUT2D eigenvalue weighted by molar-refractivity contribution is -0.137. The minimum absolute atomic E-state index is 0.158. The van der Waals surface area contributed by atoms with Crippen molar-refractivity contribution in [1.82, 2.24) is 0 Å². The number of fused-ring (bicyclic) bond motifs is 1. The summed E-state index contributed by atoms with van der Waals surface area (Å²) in [5.41, 5.74) is 1.95. The molecule has 2 aromatic rings. The predicted molar refractivity (Wildman–Crippen MR) is 108 cm³/mol. The first kappa shape index (κ1) is 20.8. The van der Waals surface area contributed by atoms with Crippen LogP contribution in [0.3, 0.4) is 0 Å². The number of halogens is 4. The van der Waals surface area contributed by atoms with Crippen LogP contribution in [-0.2, 0) is 17.3 Å². The van der Waals surface area contributed by atoms with Crippen LogP contribution < -0.4 is 9.64 Å². The largest absolute Gasteiger partial charge is 0.495 e. The Morgan fingerprint density at radius 3 is 2.57 bits per heavy atom. The van der Waals surface area contributed by atoms with Gasteiger partial charge in [-0.15, -0.1) is 0 Å². The van der Waals surface area contributed by atoms with Crippen LogP contribution in [0.2, 0.25) is 5.02 Å². The third kappa shape index (κ3) is 3.91. The van der Waals surface area contributed by atoms with Crippen LogP contribution in [0.1, 0.15) is 27.0 Å². The molecule has 30 heavy (non-hydrogen) atoms. The van der Waals surface area contributed by atoms with Gasteiger partial charge in [-0.2, -0.15) is 13.2 Å². The summed E-state index contributed by atoms with van der Waals surface area (Å²) >= 11 is 6.10. The summed E-state index contributed by atoms with van der Waals surface area (Å²) in [6.45, 7) is 2.65. The molecule has 4 rings (SSSR count). The maximum Gasteiger partial charge on any atom is 0.416 e. The molecule has 1 aliphatic heterocycles. The first-order valence-electron chi connectivity index (χ1n) is 9.43. The minimum Gasteiger partial charge on any atom is -0.495 e. The van der Waals surface area contributed by atoms with E-state index in [1.165, 1.54) is 12.1 Å². The zero-order valence-corrected chi connectivity index (χ0v) is 16.9. The van der Waals surface area contributed by atoms with Gasteiger partial charge in [-0.25, -0.2) is 0 Å². The fraction of sp³-hybridized carbons (Fsp3) is 0.318. The third-order valence-corrected chi connectivity index (χ3v) is 5.67. The second kappa shape index (κ2) is 7.96. The highest BCUT2D eigenvalue weighted by molar-refractivity contribution is 6.32. The van der Waals surface area contributed by atoms with Gasteiger partial charge in [0.25, 0.3) is 0 Å². The van der Waals surface area contributed by atoms with E-state index < -0.39 is 11.7 Å². The molecule has 0 radical (unpaired) electrons. The number of Topliss-reactive ketones (excluding diaryl/α,β-unsaturated/α-hetero) is 1. The van der Waals surface area contributed by atoms with Crippen molar-refractivity contribution < 1.29 is 27.4 Å². The number of nitrogens with zero attached hydrogens (tertiary/aromatic N) is 1. The lowest BCUT2D eigenvalue weighted by atomic mass is 10.0. The summed E-state index contributed by atoms with van der Waals surface area (Å²) in [7, 11) is 1.55. The van der Waals surface area contributed by atoms with Gasteiger partial charge < -0.3 is 14.4 Å². The van der Waals surface area contributed by atoms with E-state index in [4.69, 9.17) is 21.1 Å². The van der Waals surface area contributed by atoms with Crippen molar-refractivity contribution in [3.63, 3.8) is 0 Å². The minimum atomic E-state index is -4.49. The normalized spacial score (nSPS) is 18.1. The summed E-state index contributed by atoms with van der Waals surface area (Å²) < 4.78 is 50.0. The van der Waals surface area contributed by atoms with Gasteiger partial charge >= 0.3 is 6.18 Å². The molecule has 0 spiro atoms. The molecule has 1 heterocycles. The molecule has 2 aliphatic rings. The molecule has 1 fully saturated rings. The average Bonchev–Trinajstić information content (AvgIpc) is 3.03. The SMILES string of the molecule is COc1cc2c(cc1N1CCOCC1)C/C(=C\c1cc(C(F)(F)F)ccc1Cl)C2=O. The number of rotatable bonds is 3. The average molecular weight is 438 g/mol. The smallest absolute Gasteiger partial charge is 0.416 e. The molecular formula is C22H19ClF3NO3. The van der Waals surface area contributed by atoms with Crippen LogP contribution in [0.15, 0.2) is 35.9 Å². The van der Waals surface area contributed by atoms with Crippen LogP contribution in [0.4, 0.5) is 18.9 Å². The van der Waals surface area contributed by atoms with Crippen molar-refractivity contribution in [2.45, 2.75) is 12.6 Å². The summed E-state index contributed by atoms with van der Waals surface area (Å²) in [6, 6.07) is 6.71. The molecule has 4 nitrogen and oxygen atoms in total. The van der Waals surface area contributed by atoms with Gasteiger partial charge in [0, 0.05) is 35.7 Å². The number of carbonyl (C=O) groups excluding carboxylic acids is 1. The van der Waals surface area contributed by atoms with E-state index in [1.807, 2.05) is 6.07 Å². The molecule has 0 atom stereocenters. The van der Waals surface area contributed by atoms with Crippen molar-refractivity contribution in [1.29, 1.82) is 0 Å². The molecule has 2 aromatic carbocycles. The van der Waals surface area contributed by atoms with Crippen LogP contribution >= 0.6 is 11.6 Å². The Bertz CT molecular complexity index is 1030. The van der Waals surface area contributed by atoms with E-state index in [2.05, 4.69) is 4.90 Å². The van der Waals surface area contributed by atoms with E-state index in [-0.39, 0.29) is 16.4 Å². The topological polar surface area (TPSA) is 38.8 Å². The van der Waals surface area contributed by atoms with Gasteiger partial charge in [0.2, 0.25) is 0 Å². The lowest BCUT2D eigenvalue weighted by Crippen LogP contribution is -2.36. The Morgan fingerprint density at radius 2 is 1.90 bits per heavy atom. The van der Waals surface area contributed by atoms with E-state index in [0.29, 0.717) is 49.6 Å². The van der Waals surface area contributed by atoms with E-state index in [9.17, 15) is 18.0 Å². The molecule has 0 unspecified atom stereocenters. The number of methoxy groups -OCH3 is 1. The Hall–Kier alpha value is -2.51. The van der Waals surface area contributed by atoms with Gasteiger partial charge in [0.1, 0.15) is 5.75 Å². The van der Waals surface area contributed by atoms with E-state index in [0.717, 1.165) is 23.4 Å². The Morgan fingerprint density at radius 1 is 1.17 bits per heavy atom. The number of hydrogen-bond donors (Lipinski definition) is 0. The van der Waals surface area contributed by atoms with Crippen molar-refractivity contribution in [2.24, 2.45) is 0 Å². The van der Waals surface area contributed by atoms with E-state index >= 15 is 0 Å². The standard InChI is InChI=1S/C22H19ClF3NO3/c1-29-20-12-17-13(11-19(20)27-4-6-30-7-5-27)8-15(21(17)28)9-14-10-16(22(24,25)26)2-3-18(14)23/h2-3,9-12H,4-8H2,1H3/b15-9+. The van der Waals surface area contributed by atoms with Crippen molar-refractivity contribution in [2.75, 3.05) is 38.3 Å². The monoisotopic (exact) mass is 437 g/mol. The molecule has 1 saturated heterocycles. The summed E-state index contributed by atoms with van der Waals surface area (Å²) in [5.74, 6) is 0.354. The molecule has 0 amide bonds.